The third-order valence-corrected chi connectivity index (χ3v) is 3.81. The lowest BCUT2D eigenvalue weighted by Gasteiger charge is -2.05. The first-order chi connectivity index (χ1) is 9.24. The molecule has 1 atom stereocenters. The van der Waals surface area contributed by atoms with Gasteiger partial charge in [-0.3, -0.25) is 0 Å². The Balaban J connectivity index is 1.89. The molecule has 96 valence electrons. The fraction of sp³-hybridized carbons (Fsp3) is 0.143. The van der Waals surface area contributed by atoms with E-state index in [4.69, 9.17) is 10.2 Å². The molecule has 2 N–H and O–H groups in total. The highest BCUT2D eigenvalue weighted by molar-refractivity contribution is 7.15. The van der Waals surface area contributed by atoms with Gasteiger partial charge in [-0.2, -0.15) is 0 Å². The number of aromatic nitrogens is 2. The van der Waals surface area contributed by atoms with Gasteiger partial charge in [0.25, 0.3) is 5.89 Å². The zero-order valence-electron chi connectivity index (χ0n) is 10.4. The van der Waals surface area contributed by atoms with Gasteiger partial charge in [-0.05, 0) is 24.6 Å². The molecule has 3 rings (SSSR count). The Morgan fingerprint density at radius 1 is 1.11 bits per heavy atom. The smallest absolute Gasteiger partial charge is 0.257 e. The van der Waals surface area contributed by atoms with Gasteiger partial charge in [-0.1, -0.05) is 30.3 Å². The van der Waals surface area contributed by atoms with Gasteiger partial charge in [0.1, 0.15) is 6.04 Å². The Hall–Kier alpha value is -1.98. The molecule has 0 bridgehead atoms. The number of thiophene rings is 1. The van der Waals surface area contributed by atoms with Crippen molar-refractivity contribution in [3.63, 3.8) is 0 Å². The van der Waals surface area contributed by atoms with Crippen LogP contribution in [0.15, 0.2) is 46.9 Å². The van der Waals surface area contributed by atoms with Gasteiger partial charge in [-0.25, -0.2) is 0 Å². The molecule has 0 saturated heterocycles. The third kappa shape index (κ3) is 2.43. The highest BCUT2D eigenvalue weighted by Gasteiger charge is 2.17. The second-order valence-electron chi connectivity index (χ2n) is 4.24. The molecule has 0 radical (unpaired) electrons. The molecule has 0 spiro atoms. The maximum absolute atomic E-state index is 6.12. The van der Waals surface area contributed by atoms with Crippen molar-refractivity contribution in [1.82, 2.24) is 10.2 Å². The van der Waals surface area contributed by atoms with Crippen molar-refractivity contribution in [2.45, 2.75) is 13.0 Å². The van der Waals surface area contributed by atoms with Crippen molar-refractivity contribution in [3.8, 4) is 10.8 Å². The van der Waals surface area contributed by atoms with E-state index in [-0.39, 0.29) is 6.04 Å². The van der Waals surface area contributed by atoms with Crippen molar-refractivity contribution < 1.29 is 4.42 Å². The summed E-state index contributed by atoms with van der Waals surface area (Å²) in [6.45, 7) is 2.04. The van der Waals surface area contributed by atoms with Gasteiger partial charge in [0.15, 0.2) is 0 Å². The van der Waals surface area contributed by atoms with Crippen LogP contribution in [0.2, 0.25) is 0 Å². The minimum atomic E-state index is -0.386. The van der Waals surface area contributed by atoms with Gasteiger partial charge in [0, 0.05) is 4.88 Å². The number of benzene rings is 1. The van der Waals surface area contributed by atoms with Crippen LogP contribution in [0, 0.1) is 6.92 Å². The average Bonchev–Trinajstić information content (AvgIpc) is 3.07. The molecule has 1 unspecified atom stereocenters. The van der Waals surface area contributed by atoms with Crippen LogP contribution in [-0.2, 0) is 0 Å². The van der Waals surface area contributed by atoms with E-state index >= 15 is 0 Å². The topological polar surface area (TPSA) is 64.9 Å². The monoisotopic (exact) mass is 271 g/mol. The van der Waals surface area contributed by atoms with E-state index in [0.717, 1.165) is 10.4 Å². The summed E-state index contributed by atoms with van der Waals surface area (Å²) in [4.78, 5) is 2.18. The molecular formula is C14H13N3OS. The summed E-state index contributed by atoms with van der Waals surface area (Å²) in [5.74, 6) is 0.965. The van der Waals surface area contributed by atoms with Gasteiger partial charge in [0.2, 0.25) is 5.89 Å². The number of aryl methyl sites for hydroxylation is 1. The molecule has 0 amide bonds. The van der Waals surface area contributed by atoms with Crippen LogP contribution in [0.5, 0.6) is 0 Å². The normalized spacial score (nSPS) is 12.5. The molecule has 0 aliphatic carbocycles. The largest absolute Gasteiger partial charge is 0.418 e. The molecule has 0 saturated carbocycles. The molecule has 2 heterocycles. The van der Waals surface area contributed by atoms with E-state index in [1.54, 1.807) is 11.3 Å². The Morgan fingerprint density at radius 3 is 2.58 bits per heavy atom. The van der Waals surface area contributed by atoms with Crippen molar-refractivity contribution in [3.05, 3.63) is 58.8 Å². The maximum atomic E-state index is 6.12. The highest BCUT2D eigenvalue weighted by atomic mass is 32.1. The van der Waals surface area contributed by atoms with Crippen LogP contribution < -0.4 is 5.73 Å². The summed E-state index contributed by atoms with van der Waals surface area (Å²) in [7, 11) is 0. The van der Waals surface area contributed by atoms with Crippen LogP contribution in [-0.4, -0.2) is 10.2 Å². The zero-order chi connectivity index (χ0) is 13.2. The molecule has 4 nitrogen and oxygen atoms in total. The van der Waals surface area contributed by atoms with E-state index in [0.29, 0.717) is 11.8 Å². The Kier molecular flexibility index (Phi) is 3.15. The zero-order valence-corrected chi connectivity index (χ0v) is 11.2. The number of rotatable bonds is 3. The van der Waals surface area contributed by atoms with Gasteiger partial charge < -0.3 is 10.2 Å². The summed E-state index contributed by atoms with van der Waals surface area (Å²) in [5.41, 5.74) is 7.08. The van der Waals surface area contributed by atoms with E-state index in [1.165, 1.54) is 4.88 Å². The first kappa shape index (κ1) is 12.1. The van der Waals surface area contributed by atoms with Crippen LogP contribution in [0.3, 0.4) is 0 Å². The van der Waals surface area contributed by atoms with E-state index in [1.807, 2.05) is 49.4 Å². The van der Waals surface area contributed by atoms with Gasteiger partial charge >= 0.3 is 0 Å². The molecule has 2 aromatic heterocycles. The second kappa shape index (κ2) is 4.95. The van der Waals surface area contributed by atoms with Crippen molar-refractivity contribution in [2.24, 2.45) is 5.73 Å². The summed E-state index contributed by atoms with van der Waals surface area (Å²) in [5, 5.41) is 8.10. The van der Waals surface area contributed by atoms with E-state index in [2.05, 4.69) is 10.2 Å². The van der Waals surface area contributed by atoms with Crippen LogP contribution in [0.4, 0.5) is 0 Å². The number of hydrogen-bond donors (Lipinski definition) is 1. The lowest BCUT2D eigenvalue weighted by Crippen LogP contribution is -2.11. The van der Waals surface area contributed by atoms with Gasteiger partial charge in [-0.15, -0.1) is 21.5 Å². The number of hydrogen-bond acceptors (Lipinski definition) is 5. The van der Waals surface area contributed by atoms with E-state index in [9.17, 15) is 0 Å². The predicted molar refractivity (Wildman–Crippen MR) is 74.8 cm³/mol. The SMILES string of the molecule is Cc1ccc(-c2nnc(C(N)c3ccccc3)o2)s1. The van der Waals surface area contributed by atoms with Gasteiger partial charge in [0.05, 0.1) is 4.88 Å². The fourth-order valence-corrected chi connectivity index (χ4v) is 2.60. The molecule has 19 heavy (non-hydrogen) atoms. The second-order valence-corrected chi connectivity index (χ2v) is 5.53. The van der Waals surface area contributed by atoms with Crippen molar-refractivity contribution >= 4 is 11.3 Å². The maximum Gasteiger partial charge on any atom is 0.257 e. The molecule has 5 heteroatoms. The Bertz CT molecular complexity index is 675. The molecule has 0 aliphatic heterocycles. The summed E-state index contributed by atoms with van der Waals surface area (Å²) < 4.78 is 5.66. The number of nitrogens with zero attached hydrogens (tertiary/aromatic N) is 2. The molecule has 3 aromatic rings. The van der Waals surface area contributed by atoms with Crippen molar-refractivity contribution in [2.75, 3.05) is 0 Å². The molecule has 0 aliphatic rings. The molecule has 0 fully saturated rings. The number of nitrogens with two attached hydrogens (primary N) is 1. The molecular weight excluding hydrogens is 258 g/mol. The minimum Gasteiger partial charge on any atom is -0.418 e. The fourth-order valence-electron chi connectivity index (χ4n) is 1.81. The van der Waals surface area contributed by atoms with Crippen LogP contribution in [0.25, 0.3) is 10.8 Å². The Morgan fingerprint density at radius 2 is 1.89 bits per heavy atom. The third-order valence-electron chi connectivity index (χ3n) is 2.82. The lowest BCUT2D eigenvalue weighted by atomic mass is 10.1. The summed E-state index contributed by atoms with van der Waals surface area (Å²) >= 11 is 1.62. The quantitative estimate of drug-likeness (QED) is 0.794. The summed E-state index contributed by atoms with van der Waals surface area (Å²) in [6.07, 6.45) is 0. The molecule has 1 aromatic carbocycles. The van der Waals surface area contributed by atoms with Crippen LogP contribution >= 0.6 is 11.3 Å². The first-order valence-electron chi connectivity index (χ1n) is 5.95. The van der Waals surface area contributed by atoms with Crippen molar-refractivity contribution in [1.29, 1.82) is 0 Å². The van der Waals surface area contributed by atoms with E-state index < -0.39 is 0 Å². The Labute approximate surface area is 114 Å². The first-order valence-corrected chi connectivity index (χ1v) is 6.76. The predicted octanol–water partition coefficient (Wildman–Crippen LogP) is 3.15. The highest BCUT2D eigenvalue weighted by Crippen LogP contribution is 2.28. The minimum absolute atomic E-state index is 0.386. The lowest BCUT2D eigenvalue weighted by molar-refractivity contribution is 0.485. The summed E-state index contributed by atoms with van der Waals surface area (Å²) in [6, 6.07) is 13.3. The average molecular weight is 271 g/mol. The standard InChI is InChI=1S/C14H13N3OS/c1-9-7-8-11(19-9)13-16-17-14(18-13)12(15)10-5-3-2-4-6-10/h2-8,12H,15H2,1H3. The van der Waals surface area contributed by atoms with Crippen LogP contribution in [0.1, 0.15) is 22.4 Å².